The van der Waals surface area contributed by atoms with E-state index < -0.39 is 0 Å². The molecular formula is C21H23N3O3S2. The normalized spacial score (nSPS) is 10.6. The maximum absolute atomic E-state index is 12.3. The fraction of sp³-hybridized carbons (Fsp3) is 0.286. The van der Waals surface area contributed by atoms with E-state index in [2.05, 4.69) is 39.8 Å². The van der Waals surface area contributed by atoms with Crippen molar-refractivity contribution in [3.63, 3.8) is 0 Å². The third-order valence-electron chi connectivity index (χ3n) is 4.14. The number of carbonyl (C=O) groups excluding carboxylic acids is 1. The Bertz CT molecular complexity index is 932. The number of nitrogens with one attached hydrogen (secondary N) is 1. The highest BCUT2D eigenvalue weighted by Crippen LogP contribution is 2.29. The van der Waals surface area contributed by atoms with Gasteiger partial charge in [0, 0.05) is 5.75 Å². The third-order valence-corrected chi connectivity index (χ3v) is 6.20. The van der Waals surface area contributed by atoms with Crippen molar-refractivity contribution in [2.75, 3.05) is 25.3 Å². The molecule has 0 aliphatic rings. The van der Waals surface area contributed by atoms with Crippen LogP contribution in [0.2, 0.25) is 0 Å². The summed E-state index contributed by atoms with van der Waals surface area (Å²) in [6.07, 6.45) is 2.33. The van der Waals surface area contributed by atoms with Crippen molar-refractivity contribution in [1.29, 1.82) is 0 Å². The second-order valence-corrected chi connectivity index (χ2v) is 8.54. The zero-order valence-electron chi connectivity index (χ0n) is 16.4. The Labute approximate surface area is 178 Å². The molecule has 0 spiro atoms. The molecule has 1 amide bonds. The van der Waals surface area contributed by atoms with E-state index in [-0.39, 0.29) is 12.3 Å². The van der Waals surface area contributed by atoms with Crippen LogP contribution in [-0.4, -0.2) is 36.1 Å². The molecule has 0 aliphatic carbocycles. The summed E-state index contributed by atoms with van der Waals surface area (Å²) in [6.45, 7) is 0. The largest absolute Gasteiger partial charge is 0.493 e. The van der Waals surface area contributed by atoms with E-state index in [1.54, 1.807) is 38.1 Å². The summed E-state index contributed by atoms with van der Waals surface area (Å²) in [5, 5.41) is 11.5. The Balaban J connectivity index is 1.45. The fourth-order valence-corrected chi connectivity index (χ4v) is 4.52. The van der Waals surface area contributed by atoms with Crippen LogP contribution in [0.1, 0.15) is 17.5 Å². The molecule has 3 aromatic rings. The monoisotopic (exact) mass is 429 g/mol. The van der Waals surface area contributed by atoms with Gasteiger partial charge in [0.25, 0.3) is 0 Å². The van der Waals surface area contributed by atoms with Crippen molar-refractivity contribution in [3.8, 4) is 11.5 Å². The smallest absolute Gasteiger partial charge is 0.230 e. The minimum Gasteiger partial charge on any atom is -0.493 e. The van der Waals surface area contributed by atoms with Crippen molar-refractivity contribution in [1.82, 2.24) is 10.2 Å². The van der Waals surface area contributed by atoms with Crippen LogP contribution in [0.3, 0.4) is 0 Å². The molecule has 0 radical (unpaired) electrons. The summed E-state index contributed by atoms with van der Waals surface area (Å²) in [7, 11) is 3.15. The molecule has 2 aromatic carbocycles. The van der Waals surface area contributed by atoms with E-state index in [0.717, 1.165) is 28.5 Å². The molecule has 0 unspecified atom stereocenters. The Morgan fingerprint density at radius 1 is 1.03 bits per heavy atom. The Kier molecular flexibility index (Phi) is 7.89. The van der Waals surface area contributed by atoms with Gasteiger partial charge in [0.05, 0.1) is 20.6 Å². The van der Waals surface area contributed by atoms with Crippen molar-refractivity contribution in [2.24, 2.45) is 0 Å². The zero-order chi connectivity index (χ0) is 20.5. The van der Waals surface area contributed by atoms with Crippen LogP contribution in [-0.2, 0) is 17.6 Å². The number of nitrogens with zero attached hydrogens (tertiary/aromatic N) is 2. The summed E-state index contributed by atoms with van der Waals surface area (Å²) >= 11 is 3.06. The van der Waals surface area contributed by atoms with Gasteiger partial charge in [-0.05, 0) is 36.1 Å². The lowest BCUT2D eigenvalue weighted by Crippen LogP contribution is -2.14. The molecule has 0 fully saturated rings. The first-order chi connectivity index (χ1) is 14.2. The second kappa shape index (κ2) is 10.8. The lowest BCUT2D eigenvalue weighted by atomic mass is 10.1. The quantitative estimate of drug-likeness (QED) is 0.291. The molecule has 1 heterocycles. The highest BCUT2D eigenvalue weighted by molar-refractivity contribution is 8.01. The van der Waals surface area contributed by atoms with E-state index in [1.807, 2.05) is 12.1 Å². The Morgan fingerprint density at radius 2 is 1.83 bits per heavy atom. The summed E-state index contributed by atoms with van der Waals surface area (Å²) in [5.74, 6) is 2.05. The molecule has 0 saturated heterocycles. The topological polar surface area (TPSA) is 73.3 Å². The lowest BCUT2D eigenvalue weighted by molar-refractivity contribution is -0.115. The number of aromatic nitrogens is 2. The summed E-state index contributed by atoms with van der Waals surface area (Å²) in [5.41, 5.74) is 2.17. The SMILES string of the molecule is COc1ccc(CC(=O)Nc2nnc(SCCCc3ccccc3)s2)cc1OC. The van der Waals surface area contributed by atoms with Crippen LogP contribution in [0, 0.1) is 0 Å². The highest BCUT2D eigenvalue weighted by Gasteiger charge is 2.11. The number of thioether (sulfide) groups is 1. The van der Waals surface area contributed by atoms with Gasteiger partial charge in [-0.3, -0.25) is 4.79 Å². The van der Waals surface area contributed by atoms with E-state index in [0.29, 0.717) is 16.6 Å². The molecule has 0 atom stereocenters. The minimum absolute atomic E-state index is 0.144. The molecule has 29 heavy (non-hydrogen) atoms. The first kappa shape index (κ1) is 21.1. The molecule has 1 aromatic heterocycles. The summed E-state index contributed by atoms with van der Waals surface area (Å²) < 4.78 is 11.4. The molecular weight excluding hydrogens is 406 g/mol. The van der Waals surface area contributed by atoms with Gasteiger partial charge in [-0.15, -0.1) is 10.2 Å². The molecule has 8 heteroatoms. The van der Waals surface area contributed by atoms with Crippen LogP contribution < -0.4 is 14.8 Å². The van der Waals surface area contributed by atoms with Gasteiger partial charge in [-0.1, -0.05) is 59.5 Å². The number of benzene rings is 2. The second-order valence-electron chi connectivity index (χ2n) is 6.23. The van der Waals surface area contributed by atoms with Crippen molar-refractivity contribution in [2.45, 2.75) is 23.6 Å². The molecule has 1 N–H and O–H groups in total. The van der Waals surface area contributed by atoms with Gasteiger partial charge < -0.3 is 14.8 Å². The number of methoxy groups -OCH3 is 2. The number of ether oxygens (including phenoxy) is 2. The van der Waals surface area contributed by atoms with E-state index in [1.165, 1.54) is 16.9 Å². The Hall–Kier alpha value is -2.58. The Morgan fingerprint density at radius 3 is 2.59 bits per heavy atom. The number of hydrogen-bond acceptors (Lipinski definition) is 7. The summed E-state index contributed by atoms with van der Waals surface area (Å²) in [6, 6.07) is 15.9. The first-order valence-corrected chi connectivity index (χ1v) is 11.0. The average molecular weight is 430 g/mol. The highest BCUT2D eigenvalue weighted by atomic mass is 32.2. The van der Waals surface area contributed by atoms with Crippen molar-refractivity contribution < 1.29 is 14.3 Å². The maximum atomic E-state index is 12.3. The molecule has 0 aliphatic heterocycles. The van der Waals surface area contributed by atoms with Gasteiger partial charge in [-0.25, -0.2) is 0 Å². The number of carbonyl (C=O) groups is 1. The van der Waals surface area contributed by atoms with Crippen LogP contribution in [0.25, 0.3) is 0 Å². The van der Waals surface area contributed by atoms with Crippen LogP contribution in [0.15, 0.2) is 52.9 Å². The minimum atomic E-state index is -0.144. The number of anilines is 1. The van der Waals surface area contributed by atoms with Crippen LogP contribution >= 0.6 is 23.1 Å². The fourth-order valence-electron chi connectivity index (χ4n) is 2.74. The standard InChI is InChI=1S/C21H23N3O3S2/c1-26-17-11-10-16(13-18(17)27-2)14-19(25)22-20-23-24-21(29-20)28-12-6-9-15-7-4-3-5-8-15/h3-5,7-8,10-11,13H,6,9,12,14H2,1-2H3,(H,22,23,25). The molecule has 6 nitrogen and oxygen atoms in total. The molecule has 0 bridgehead atoms. The van der Waals surface area contributed by atoms with Crippen LogP contribution in [0.5, 0.6) is 11.5 Å². The number of hydrogen-bond donors (Lipinski definition) is 1. The van der Waals surface area contributed by atoms with Crippen molar-refractivity contribution in [3.05, 3.63) is 59.7 Å². The third kappa shape index (κ3) is 6.47. The van der Waals surface area contributed by atoms with Gasteiger partial charge >= 0.3 is 0 Å². The van der Waals surface area contributed by atoms with Crippen molar-refractivity contribution >= 4 is 34.1 Å². The van der Waals surface area contributed by atoms with Gasteiger partial charge in [-0.2, -0.15) is 0 Å². The van der Waals surface area contributed by atoms with Gasteiger partial charge in [0.15, 0.2) is 15.8 Å². The van der Waals surface area contributed by atoms with E-state index in [9.17, 15) is 4.79 Å². The molecule has 0 saturated carbocycles. The van der Waals surface area contributed by atoms with E-state index >= 15 is 0 Å². The van der Waals surface area contributed by atoms with Gasteiger partial charge in [0.1, 0.15) is 0 Å². The van der Waals surface area contributed by atoms with E-state index in [4.69, 9.17) is 9.47 Å². The average Bonchev–Trinajstić information content (AvgIpc) is 3.18. The number of rotatable bonds is 10. The zero-order valence-corrected chi connectivity index (χ0v) is 18.0. The lowest BCUT2D eigenvalue weighted by Gasteiger charge is -2.09. The molecule has 152 valence electrons. The predicted octanol–water partition coefficient (Wildman–Crippen LogP) is 4.46. The molecule has 3 rings (SSSR count). The number of aryl methyl sites for hydroxylation is 1. The van der Waals surface area contributed by atoms with Gasteiger partial charge in [0.2, 0.25) is 11.0 Å². The van der Waals surface area contributed by atoms with Crippen LogP contribution in [0.4, 0.5) is 5.13 Å². The predicted molar refractivity (Wildman–Crippen MR) is 117 cm³/mol. The summed E-state index contributed by atoms with van der Waals surface area (Å²) in [4.78, 5) is 12.3. The number of amides is 1. The maximum Gasteiger partial charge on any atom is 0.230 e. The first-order valence-electron chi connectivity index (χ1n) is 9.19.